The normalized spacial score (nSPS) is 23.3. The summed E-state index contributed by atoms with van der Waals surface area (Å²) in [5.41, 5.74) is 2.29. The van der Waals surface area contributed by atoms with Crippen LogP contribution in [0.2, 0.25) is 0 Å². The Morgan fingerprint density at radius 2 is 1.85 bits per heavy atom. The molecule has 6 heteroatoms. The third-order valence-corrected chi connectivity index (χ3v) is 6.59. The van der Waals surface area contributed by atoms with Gasteiger partial charge < -0.3 is 9.64 Å². The molecule has 0 aliphatic carbocycles. The van der Waals surface area contributed by atoms with Gasteiger partial charge in [-0.15, -0.1) is 0 Å². The van der Waals surface area contributed by atoms with Gasteiger partial charge in [-0.2, -0.15) is 0 Å². The Kier molecular flexibility index (Phi) is 5.92. The Labute approximate surface area is 194 Å². The van der Waals surface area contributed by atoms with Crippen molar-refractivity contribution in [3.63, 3.8) is 0 Å². The molecule has 168 valence electrons. The van der Waals surface area contributed by atoms with Gasteiger partial charge in [-0.25, -0.2) is 9.97 Å². The highest BCUT2D eigenvalue weighted by molar-refractivity contribution is 5.89. The van der Waals surface area contributed by atoms with E-state index < -0.39 is 5.60 Å². The van der Waals surface area contributed by atoms with Crippen LogP contribution in [0.3, 0.4) is 0 Å². The number of benzene rings is 1. The summed E-state index contributed by atoms with van der Waals surface area (Å²) < 4.78 is 6.40. The summed E-state index contributed by atoms with van der Waals surface area (Å²) in [5, 5.41) is 0. The molecule has 6 nitrogen and oxygen atoms in total. The zero-order valence-electron chi connectivity index (χ0n) is 18.6. The van der Waals surface area contributed by atoms with E-state index in [1.54, 1.807) is 12.4 Å². The second-order valence-corrected chi connectivity index (χ2v) is 8.56. The molecule has 3 fully saturated rings. The molecule has 0 radical (unpaired) electrons. The molecule has 3 aliphatic heterocycles. The SMILES string of the molecule is C=C\C=C/C=C\C=C1\CCC2OC3(CCN(c4cc(-c5ccccc5)ncn4)CC3)C(=O)N12. The molecule has 0 bridgehead atoms. The number of carbonyl (C=O) groups is 1. The van der Waals surface area contributed by atoms with Gasteiger partial charge in [-0.3, -0.25) is 9.69 Å². The maximum atomic E-state index is 13.5. The number of hydrogen-bond acceptors (Lipinski definition) is 5. The molecule has 1 amide bonds. The van der Waals surface area contributed by atoms with E-state index in [2.05, 4.69) is 21.4 Å². The maximum absolute atomic E-state index is 13.5. The fourth-order valence-corrected chi connectivity index (χ4v) is 4.86. The van der Waals surface area contributed by atoms with Crippen LogP contribution in [0.25, 0.3) is 11.3 Å². The molecule has 0 N–H and O–H groups in total. The molecule has 1 unspecified atom stereocenters. The van der Waals surface area contributed by atoms with Crippen molar-refractivity contribution in [2.75, 3.05) is 18.0 Å². The number of anilines is 1. The number of nitrogens with zero attached hydrogens (tertiary/aromatic N) is 4. The Hall–Kier alpha value is -3.51. The van der Waals surface area contributed by atoms with Gasteiger partial charge in [-0.05, 0) is 18.9 Å². The first-order valence-electron chi connectivity index (χ1n) is 11.5. The molecule has 3 aliphatic rings. The van der Waals surface area contributed by atoms with E-state index in [-0.39, 0.29) is 12.1 Å². The molecule has 1 spiro atoms. The van der Waals surface area contributed by atoms with Crippen LogP contribution in [-0.4, -0.2) is 45.7 Å². The minimum Gasteiger partial charge on any atom is -0.356 e. The van der Waals surface area contributed by atoms with Gasteiger partial charge in [0.25, 0.3) is 5.91 Å². The van der Waals surface area contributed by atoms with E-state index >= 15 is 0 Å². The summed E-state index contributed by atoms with van der Waals surface area (Å²) in [7, 11) is 0. The lowest BCUT2D eigenvalue weighted by molar-refractivity contribution is -0.138. The average Bonchev–Trinajstić information content (AvgIpc) is 3.37. The molecule has 2 aromatic rings. The van der Waals surface area contributed by atoms with E-state index in [1.165, 1.54) is 0 Å². The second kappa shape index (κ2) is 9.16. The van der Waals surface area contributed by atoms with Crippen molar-refractivity contribution in [3.8, 4) is 11.3 Å². The quantitative estimate of drug-likeness (QED) is 0.634. The summed E-state index contributed by atoms with van der Waals surface area (Å²) in [6.45, 7) is 5.11. The molecule has 3 saturated heterocycles. The maximum Gasteiger partial charge on any atom is 0.261 e. The van der Waals surface area contributed by atoms with Crippen molar-refractivity contribution in [1.82, 2.24) is 14.9 Å². The van der Waals surface area contributed by atoms with E-state index in [0.29, 0.717) is 12.8 Å². The molecular weight excluding hydrogens is 412 g/mol. The summed E-state index contributed by atoms with van der Waals surface area (Å²) in [5.74, 6) is 1.00. The topological polar surface area (TPSA) is 58.6 Å². The molecule has 0 saturated carbocycles. The van der Waals surface area contributed by atoms with Crippen molar-refractivity contribution in [3.05, 3.63) is 91.5 Å². The number of rotatable bonds is 5. The first kappa shape index (κ1) is 21.3. The average molecular weight is 441 g/mol. The van der Waals surface area contributed by atoms with Crippen LogP contribution in [0.4, 0.5) is 5.82 Å². The van der Waals surface area contributed by atoms with Crippen molar-refractivity contribution in [2.45, 2.75) is 37.5 Å². The van der Waals surface area contributed by atoms with Crippen LogP contribution < -0.4 is 4.90 Å². The summed E-state index contributed by atoms with van der Waals surface area (Å²) in [6.07, 6.45) is 16.0. The lowest BCUT2D eigenvalue weighted by Gasteiger charge is -2.37. The van der Waals surface area contributed by atoms with Gasteiger partial charge in [-0.1, -0.05) is 67.3 Å². The van der Waals surface area contributed by atoms with E-state index in [0.717, 1.165) is 48.7 Å². The first-order valence-corrected chi connectivity index (χ1v) is 11.5. The number of fused-ring (bicyclic) bond motifs is 1. The fourth-order valence-electron chi connectivity index (χ4n) is 4.86. The highest BCUT2D eigenvalue weighted by Gasteiger charge is 2.56. The van der Waals surface area contributed by atoms with Gasteiger partial charge in [0.05, 0.1) is 5.69 Å². The van der Waals surface area contributed by atoms with Crippen molar-refractivity contribution >= 4 is 11.7 Å². The molecule has 1 atom stereocenters. The first-order chi connectivity index (χ1) is 16.2. The highest BCUT2D eigenvalue weighted by atomic mass is 16.6. The second-order valence-electron chi connectivity index (χ2n) is 8.56. The van der Waals surface area contributed by atoms with Crippen molar-refractivity contribution in [1.29, 1.82) is 0 Å². The molecule has 33 heavy (non-hydrogen) atoms. The smallest absolute Gasteiger partial charge is 0.261 e. The number of hydrogen-bond donors (Lipinski definition) is 0. The Bertz CT molecular complexity index is 1110. The third kappa shape index (κ3) is 4.14. The van der Waals surface area contributed by atoms with E-state index in [4.69, 9.17) is 4.74 Å². The lowest BCUT2D eigenvalue weighted by atomic mass is 9.90. The van der Waals surface area contributed by atoms with Gasteiger partial charge in [0.1, 0.15) is 18.4 Å². The Balaban J connectivity index is 1.27. The van der Waals surface area contributed by atoms with Crippen LogP contribution in [0.15, 0.2) is 91.5 Å². The third-order valence-electron chi connectivity index (χ3n) is 6.59. The van der Waals surface area contributed by atoms with Crippen LogP contribution >= 0.6 is 0 Å². The number of ether oxygens (including phenoxy) is 1. The van der Waals surface area contributed by atoms with Gasteiger partial charge >= 0.3 is 0 Å². The van der Waals surface area contributed by atoms with Gasteiger partial charge in [0.15, 0.2) is 5.60 Å². The van der Waals surface area contributed by atoms with Crippen LogP contribution in [0, 0.1) is 0 Å². The monoisotopic (exact) mass is 440 g/mol. The minimum atomic E-state index is -0.720. The molecule has 1 aromatic carbocycles. The van der Waals surface area contributed by atoms with Crippen LogP contribution in [-0.2, 0) is 9.53 Å². The van der Waals surface area contributed by atoms with Crippen LogP contribution in [0.1, 0.15) is 25.7 Å². The molecule has 1 aromatic heterocycles. The van der Waals surface area contributed by atoms with E-state index in [1.807, 2.05) is 71.7 Å². The lowest BCUT2D eigenvalue weighted by Crippen LogP contribution is -2.50. The van der Waals surface area contributed by atoms with Gasteiger partial charge in [0.2, 0.25) is 0 Å². The zero-order chi connectivity index (χ0) is 22.7. The number of allylic oxidation sites excluding steroid dienone is 7. The van der Waals surface area contributed by atoms with Crippen molar-refractivity contribution in [2.24, 2.45) is 0 Å². The largest absolute Gasteiger partial charge is 0.356 e. The number of piperidine rings is 1. The van der Waals surface area contributed by atoms with Crippen molar-refractivity contribution < 1.29 is 9.53 Å². The molecule has 4 heterocycles. The summed E-state index contributed by atoms with van der Waals surface area (Å²) in [6, 6.07) is 12.1. The fraction of sp³-hybridized carbons (Fsp3) is 0.296. The Morgan fingerprint density at radius 3 is 2.64 bits per heavy atom. The van der Waals surface area contributed by atoms with E-state index in [9.17, 15) is 4.79 Å². The summed E-state index contributed by atoms with van der Waals surface area (Å²) in [4.78, 5) is 26.5. The number of amides is 1. The Morgan fingerprint density at radius 1 is 1.06 bits per heavy atom. The molecule has 5 rings (SSSR count). The zero-order valence-corrected chi connectivity index (χ0v) is 18.6. The molecular formula is C27H28N4O2. The highest BCUT2D eigenvalue weighted by Crippen LogP contribution is 2.44. The predicted octanol–water partition coefficient (Wildman–Crippen LogP) is 4.64. The van der Waals surface area contributed by atoms with Gasteiger partial charge in [0, 0.05) is 43.3 Å². The number of carbonyl (C=O) groups excluding carboxylic acids is 1. The standard InChI is InChI=1S/C27H28N4O2/c1-2-3-4-5-9-12-22-13-14-25-31(22)26(32)27(33-25)15-17-30(18-16-27)24-19-23(28-20-29-24)21-10-7-6-8-11-21/h2-12,19-20,25H,1,13-18H2/b4-3-,9-5-,22-12-. The summed E-state index contributed by atoms with van der Waals surface area (Å²) >= 11 is 0. The predicted molar refractivity (Wildman–Crippen MR) is 129 cm³/mol. The minimum absolute atomic E-state index is 0.110. The van der Waals surface area contributed by atoms with Crippen LogP contribution in [0.5, 0.6) is 0 Å². The number of aromatic nitrogens is 2.